The van der Waals surface area contributed by atoms with Crippen molar-refractivity contribution >= 4 is 17.8 Å². The minimum Gasteiger partial charge on any atom is -0.378 e. The predicted molar refractivity (Wildman–Crippen MR) is 83.2 cm³/mol. The fraction of sp³-hybridized carbons (Fsp3) is 0.600. The van der Waals surface area contributed by atoms with Crippen molar-refractivity contribution in [1.29, 1.82) is 0 Å². The molecule has 2 saturated heterocycles. The van der Waals surface area contributed by atoms with Crippen LogP contribution >= 0.6 is 0 Å². The van der Waals surface area contributed by atoms with Crippen molar-refractivity contribution in [2.45, 2.75) is 6.92 Å². The van der Waals surface area contributed by atoms with Gasteiger partial charge < -0.3 is 19.4 Å². The van der Waals surface area contributed by atoms with Crippen LogP contribution in [0.3, 0.4) is 0 Å². The Morgan fingerprint density at radius 3 is 2.35 bits per heavy atom. The summed E-state index contributed by atoms with van der Waals surface area (Å²) in [4.78, 5) is 38.1. The van der Waals surface area contributed by atoms with Crippen molar-refractivity contribution in [3.63, 3.8) is 0 Å². The second kappa shape index (κ2) is 6.91. The Morgan fingerprint density at radius 2 is 1.70 bits per heavy atom. The van der Waals surface area contributed by atoms with Gasteiger partial charge in [0.15, 0.2) is 0 Å². The minimum absolute atomic E-state index is 0.0498. The number of aromatic nitrogens is 2. The number of amides is 2. The molecule has 2 amide bonds. The number of piperazine rings is 1. The topological polar surface area (TPSA) is 78.9 Å². The fourth-order valence-corrected chi connectivity index (χ4v) is 2.77. The van der Waals surface area contributed by atoms with E-state index in [1.54, 1.807) is 29.0 Å². The molecule has 8 nitrogen and oxygen atoms in total. The van der Waals surface area contributed by atoms with Crippen LogP contribution < -0.4 is 4.90 Å². The average molecular weight is 319 g/mol. The van der Waals surface area contributed by atoms with Crippen LogP contribution in [-0.2, 0) is 9.53 Å². The molecule has 2 aliphatic heterocycles. The molecule has 0 spiro atoms. The van der Waals surface area contributed by atoms with E-state index >= 15 is 0 Å². The molecule has 2 fully saturated rings. The highest BCUT2D eigenvalue weighted by molar-refractivity contribution is 5.92. The van der Waals surface area contributed by atoms with Gasteiger partial charge in [-0.3, -0.25) is 9.59 Å². The van der Waals surface area contributed by atoms with Crippen LogP contribution in [0.2, 0.25) is 0 Å². The summed E-state index contributed by atoms with van der Waals surface area (Å²) < 4.78 is 5.32. The third-order valence-corrected chi connectivity index (χ3v) is 4.17. The van der Waals surface area contributed by atoms with E-state index < -0.39 is 0 Å². The molecule has 0 bridgehead atoms. The zero-order valence-corrected chi connectivity index (χ0v) is 13.3. The van der Waals surface area contributed by atoms with Gasteiger partial charge in [0.05, 0.1) is 13.2 Å². The second-order valence-corrected chi connectivity index (χ2v) is 5.64. The normalized spacial score (nSPS) is 18.9. The molecular formula is C15H21N5O3. The summed E-state index contributed by atoms with van der Waals surface area (Å²) >= 11 is 0. The van der Waals surface area contributed by atoms with E-state index in [0.717, 1.165) is 13.1 Å². The van der Waals surface area contributed by atoms with Crippen molar-refractivity contribution in [2.24, 2.45) is 0 Å². The number of carbonyl (C=O) groups excluding carboxylic acids is 2. The van der Waals surface area contributed by atoms with Gasteiger partial charge in [0.25, 0.3) is 5.91 Å². The summed E-state index contributed by atoms with van der Waals surface area (Å²) in [6.45, 7) is 6.53. The highest BCUT2D eigenvalue weighted by atomic mass is 16.5. The number of carbonyl (C=O) groups is 2. The lowest BCUT2D eigenvalue weighted by molar-refractivity contribution is -0.130. The van der Waals surface area contributed by atoms with Crippen molar-refractivity contribution in [3.05, 3.63) is 18.0 Å². The molecule has 23 heavy (non-hydrogen) atoms. The molecule has 0 radical (unpaired) electrons. The van der Waals surface area contributed by atoms with E-state index in [9.17, 15) is 9.59 Å². The Kier molecular flexibility index (Phi) is 4.71. The largest absolute Gasteiger partial charge is 0.378 e. The SMILES string of the molecule is CC(=O)N1CCN(C(=O)c2ccnc(N3CCOCC3)n2)CC1. The molecular weight excluding hydrogens is 298 g/mol. The van der Waals surface area contributed by atoms with Crippen molar-refractivity contribution in [2.75, 3.05) is 57.4 Å². The molecule has 0 aromatic carbocycles. The quantitative estimate of drug-likeness (QED) is 0.739. The summed E-state index contributed by atoms with van der Waals surface area (Å²) in [6, 6.07) is 1.64. The molecule has 0 atom stereocenters. The smallest absolute Gasteiger partial charge is 0.272 e. The van der Waals surface area contributed by atoms with Gasteiger partial charge in [-0.25, -0.2) is 9.97 Å². The lowest BCUT2D eigenvalue weighted by Gasteiger charge is -2.34. The standard InChI is InChI=1S/C15H21N5O3/c1-12(21)18-4-6-19(7-5-18)14(22)13-2-3-16-15(17-13)20-8-10-23-11-9-20/h2-3H,4-11H2,1H3. The minimum atomic E-state index is -0.106. The lowest BCUT2D eigenvalue weighted by atomic mass is 10.2. The Bertz CT molecular complexity index is 580. The Morgan fingerprint density at radius 1 is 1.04 bits per heavy atom. The van der Waals surface area contributed by atoms with Gasteiger partial charge in [-0.15, -0.1) is 0 Å². The molecule has 8 heteroatoms. The molecule has 0 aliphatic carbocycles. The number of hydrogen-bond donors (Lipinski definition) is 0. The number of nitrogens with zero attached hydrogens (tertiary/aromatic N) is 5. The van der Waals surface area contributed by atoms with Gasteiger partial charge in [0.2, 0.25) is 11.9 Å². The van der Waals surface area contributed by atoms with Crippen LogP contribution in [-0.4, -0.2) is 84.1 Å². The molecule has 2 aliphatic rings. The van der Waals surface area contributed by atoms with Crippen LogP contribution in [0, 0.1) is 0 Å². The van der Waals surface area contributed by atoms with Crippen LogP contribution in [0.15, 0.2) is 12.3 Å². The van der Waals surface area contributed by atoms with Crippen LogP contribution in [0.1, 0.15) is 17.4 Å². The van der Waals surface area contributed by atoms with Crippen LogP contribution in [0.5, 0.6) is 0 Å². The number of hydrogen-bond acceptors (Lipinski definition) is 6. The number of ether oxygens (including phenoxy) is 1. The van der Waals surface area contributed by atoms with E-state index in [2.05, 4.69) is 9.97 Å². The number of anilines is 1. The third-order valence-electron chi connectivity index (χ3n) is 4.17. The molecule has 0 unspecified atom stereocenters. The Hall–Kier alpha value is -2.22. The van der Waals surface area contributed by atoms with Gasteiger partial charge in [-0.1, -0.05) is 0 Å². The Balaban J connectivity index is 1.67. The molecule has 0 saturated carbocycles. The first-order chi connectivity index (χ1) is 11.1. The second-order valence-electron chi connectivity index (χ2n) is 5.64. The molecule has 1 aromatic heterocycles. The molecule has 0 N–H and O–H groups in total. The van der Waals surface area contributed by atoms with E-state index in [0.29, 0.717) is 51.0 Å². The zero-order chi connectivity index (χ0) is 16.2. The zero-order valence-electron chi connectivity index (χ0n) is 13.3. The molecule has 3 heterocycles. The van der Waals surface area contributed by atoms with Gasteiger partial charge in [0.1, 0.15) is 5.69 Å². The summed E-state index contributed by atoms with van der Waals surface area (Å²) in [6.07, 6.45) is 1.62. The summed E-state index contributed by atoms with van der Waals surface area (Å²) in [5.74, 6) is 0.514. The average Bonchev–Trinajstić information content (AvgIpc) is 2.62. The maximum atomic E-state index is 12.6. The first-order valence-electron chi connectivity index (χ1n) is 7.85. The molecule has 3 rings (SSSR count). The maximum Gasteiger partial charge on any atom is 0.272 e. The van der Waals surface area contributed by atoms with Gasteiger partial charge >= 0.3 is 0 Å². The Labute approximate surface area is 135 Å². The maximum absolute atomic E-state index is 12.6. The van der Waals surface area contributed by atoms with E-state index in [1.807, 2.05) is 4.90 Å². The number of morpholine rings is 1. The molecule has 1 aromatic rings. The summed E-state index contributed by atoms with van der Waals surface area (Å²) in [5, 5.41) is 0. The van der Waals surface area contributed by atoms with Crippen molar-refractivity contribution in [3.8, 4) is 0 Å². The summed E-state index contributed by atoms with van der Waals surface area (Å²) in [5.41, 5.74) is 0.401. The van der Waals surface area contributed by atoms with E-state index in [1.165, 1.54) is 0 Å². The monoisotopic (exact) mass is 319 g/mol. The van der Waals surface area contributed by atoms with Crippen LogP contribution in [0.25, 0.3) is 0 Å². The highest BCUT2D eigenvalue weighted by Gasteiger charge is 2.25. The van der Waals surface area contributed by atoms with Crippen molar-refractivity contribution in [1.82, 2.24) is 19.8 Å². The first kappa shape index (κ1) is 15.7. The highest BCUT2D eigenvalue weighted by Crippen LogP contribution is 2.12. The fourth-order valence-electron chi connectivity index (χ4n) is 2.77. The predicted octanol–water partition coefficient (Wildman–Crippen LogP) is -0.382. The van der Waals surface area contributed by atoms with Gasteiger partial charge in [-0.2, -0.15) is 0 Å². The van der Waals surface area contributed by atoms with Gasteiger partial charge in [-0.05, 0) is 6.07 Å². The lowest BCUT2D eigenvalue weighted by Crippen LogP contribution is -2.50. The van der Waals surface area contributed by atoms with E-state index in [-0.39, 0.29) is 11.8 Å². The number of rotatable bonds is 2. The van der Waals surface area contributed by atoms with Gasteiger partial charge in [0, 0.05) is 52.4 Å². The third kappa shape index (κ3) is 3.58. The summed E-state index contributed by atoms with van der Waals surface area (Å²) in [7, 11) is 0. The van der Waals surface area contributed by atoms with Crippen LogP contribution in [0.4, 0.5) is 5.95 Å². The first-order valence-corrected chi connectivity index (χ1v) is 7.85. The molecule has 124 valence electrons. The van der Waals surface area contributed by atoms with Crippen molar-refractivity contribution < 1.29 is 14.3 Å². The van der Waals surface area contributed by atoms with E-state index in [4.69, 9.17) is 4.74 Å².